The zero-order valence-electron chi connectivity index (χ0n) is 12.8. The summed E-state index contributed by atoms with van der Waals surface area (Å²) in [6, 6.07) is 13.5. The molecule has 0 bridgehead atoms. The minimum atomic E-state index is -0.174. The second-order valence-corrected chi connectivity index (χ2v) is 6.23. The number of phenols is 1. The number of aromatic hydroxyl groups is 1. The van der Waals surface area contributed by atoms with Crippen molar-refractivity contribution in [2.24, 2.45) is 0 Å². The molecule has 4 nitrogen and oxygen atoms in total. The largest absolute Gasteiger partial charge is 0.505 e. The maximum atomic E-state index is 10.8. The van der Waals surface area contributed by atoms with Crippen molar-refractivity contribution in [1.29, 1.82) is 0 Å². The summed E-state index contributed by atoms with van der Waals surface area (Å²) < 4.78 is 0. The lowest BCUT2D eigenvalue weighted by Crippen LogP contribution is -2.12. The molecule has 0 amide bonds. The van der Waals surface area contributed by atoms with E-state index in [1.54, 1.807) is 29.9 Å². The summed E-state index contributed by atoms with van der Waals surface area (Å²) in [6.45, 7) is 0. The molecule has 2 N–H and O–H groups in total. The normalized spacial score (nSPS) is 12.2. The van der Waals surface area contributed by atoms with Gasteiger partial charge in [0.2, 0.25) is 0 Å². The molecule has 0 aliphatic heterocycles. The van der Waals surface area contributed by atoms with Gasteiger partial charge in [-0.15, -0.1) is 0 Å². The molecule has 4 rings (SSSR count). The Labute approximate surface area is 143 Å². The van der Waals surface area contributed by atoms with E-state index in [1.165, 1.54) is 0 Å². The van der Waals surface area contributed by atoms with E-state index in [9.17, 15) is 5.11 Å². The maximum Gasteiger partial charge on any atom is 0.147 e. The molecule has 0 aliphatic rings. The molecular formula is C19H15N3OS. The highest BCUT2D eigenvalue weighted by molar-refractivity contribution is 7.08. The SMILES string of the molecule is Oc1c([C@H](Nc2cccnc2)c2ccsc2)ccc2cccnc12. The number of hydrogen-bond donors (Lipinski definition) is 2. The number of pyridine rings is 2. The van der Waals surface area contributed by atoms with Gasteiger partial charge < -0.3 is 10.4 Å². The number of thiophene rings is 1. The Bertz CT molecular complexity index is 955. The summed E-state index contributed by atoms with van der Waals surface area (Å²) in [5, 5.41) is 19.3. The van der Waals surface area contributed by atoms with Crippen molar-refractivity contribution < 1.29 is 5.11 Å². The van der Waals surface area contributed by atoms with Gasteiger partial charge in [-0.3, -0.25) is 9.97 Å². The van der Waals surface area contributed by atoms with E-state index in [-0.39, 0.29) is 11.8 Å². The fourth-order valence-corrected chi connectivity index (χ4v) is 3.46. The van der Waals surface area contributed by atoms with Crippen molar-refractivity contribution in [3.63, 3.8) is 0 Å². The summed E-state index contributed by atoms with van der Waals surface area (Å²) in [6.07, 6.45) is 5.21. The Morgan fingerprint density at radius 2 is 1.96 bits per heavy atom. The third kappa shape index (κ3) is 2.70. The molecule has 4 aromatic rings. The van der Waals surface area contributed by atoms with Crippen molar-refractivity contribution in [3.05, 3.63) is 82.9 Å². The molecule has 0 spiro atoms. The van der Waals surface area contributed by atoms with Gasteiger partial charge in [0.1, 0.15) is 11.3 Å². The minimum absolute atomic E-state index is 0.174. The summed E-state index contributed by atoms with van der Waals surface area (Å²) >= 11 is 1.63. The van der Waals surface area contributed by atoms with Gasteiger partial charge in [0.25, 0.3) is 0 Å². The van der Waals surface area contributed by atoms with E-state index < -0.39 is 0 Å². The Morgan fingerprint density at radius 1 is 1.04 bits per heavy atom. The standard InChI is InChI=1S/C19H15N3OS/c23-19-16(6-5-13-3-1-9-21-18(13)19)17(14-7-10-24-12-14)22-15-4-2-8-20-11-15/h1-12,17,22-23H/t17-/m1/s1. The number of rotatable bonds is 4. The average Bonchev–Trinajstić information content (AvgIpc) is 3.16. The Hall–Kier alpha value is -2.92. The first kappa shape index (κ1) is 14.7. The van der Waals surface area contributed by atoms with Crippen LogP contribution in [0.3, 0.4) is 0 Å². The van der Waals surface area contributed by atoms with Crippen LogP contribution >= 0.6 is 11.3 Å². The van der Waals surface area contributed by atoms with Gasteiger partial charge in [0.15, 0.2) is 0 Å². The Morgan fingerprint density at radius 3 is 2.75 bits per heavy atom. The van der Waals surface area contributed by atoms with Crippen LogP contribution < -0.4 is 5.32 Å². The summed E-state index contributed by atoms with van der Waals surface area (Å²) in [7, 11) is 0. The fourth-order valence-electron chi connectivity index (χ4n) is 2.77. The van der Waals surface area contributed by atoms with Crippen molar-refractivity contribution in [1.82, 2.24) is 9.97 Å². The molecule has 5 heteroatoms. The zero-order valence-corrected chi connectivity index (χ0v) is 13.6. The molecule has 0 radical (unpaired) electrons. The Balaban J connectivity index is 1.83. The van der Waals surface area contributed by atoms with Gasteiger partial charge >= 0.3 is 0 Å². The second kappa shape index (κ2) is 6.29. The molecule has 3 aromatic heterocycles. The van der Waals surface area contributed by atoms with Crippen LogP contribution in [0.5, 0.6) is 5.75 Å². The monoisotopic (exact) mass is 333 g/mol. The zero-order chi connectivity index (χ0) is 16.4. The Kier molecular flexibility index (Phi) is 3.84. The topological polar surface area (TPSA) is 58.0 Å². The third-order valence-corrected chi connectivity index (χ3v) is 4.64. The van der Waals surface area contributed by atoms with Crippen LogP contribution in [-0.2, 0) is 0 Å². The molecule has 0 saturated heterocycles. The molecule has 24 heavy (non-hydrogen) atoms. The van der Waals surface area contributed by atoms with Crippen LogP contribution in [0.2, 0.25) is 0 Å². The summed E-state index contributed by atoms with van der Waals surface area (Å²) in [5.41, 5.74) is 3.40. The third-order valence-electron chi connectivity index (χ3n) is 3.94. The smallest absolute Gasteiger partial charge is 0.147 e. The van der Waals surface area contributed by atoms with Crippen LogP contribution in [0.4, 0.5) is 5.69 Å². The number of benzene rings is 1. The van der Waals surface area contributed by atoms with Gasteiger partial charge in [0.05, 0.1) is 11.7 Å². The lowest BCUT2D eigenvalue weighted by molar-refractivity contribution is 0.472. The molecule has 0 unspecified atom stereocenters. The maximum absolute atomic E-state index is 10.8. The molecule has 0 aliphatic carbocycles. The van der Waals surface area contributed by atoms with Crippen LogP contribution in [-0.4, -0.2) is 15.1 Å². The van der Waals surface area contributed by atoms with Crippen molar-refractivity contribution in [3.8, 4) is 5.75 Å². The van der Waals surface area contributed by atoms with Crippen molar-refractivity contribution in [2.45, 2.75) is 6.04 Å². The van der Waals surface area contributed by atoms with Gasteiger partial charge in [-0.2, -0.15) is 11.3 Å². The van der Waals surface area contributed by atoms with Gasteiger partial charge in [-0.25, -0.2) is 0 Å². The summed E-state index contributed by atoms with van der Waals surface area (Å²) in [5.74, 6) is 0.209. The molecule has 3 heterocycles. The molecule has 0 fully saturated rings. The highest BCUT2D eigenvalue weighted by atomic mass is 32.1. The molecule has 1 atom stereocenters. The number of anilines is 1. The van der Waals surface area contributed by atoms with E-state index >= 15 is 0 Å². The average molecular weight is 333 g/mol. The van der Waals surface area contributed by atoms with E-state index in [4.69, 9.17) is 0 Å². The molecule has 0 saturated carbocycles. The number of phenolic OH excluding ortho intramolecular Hbond substituents is 1. The first-order valence-corrected chi connectivity index (χ1v) is 8.52. The number of aromatic nitrogens is 2. The lowest BCUT2D eigenvalue weighted by Gasteiger charge is -2.21. The van der Waals surface area contributed by atoms with E-state index in [0.717, 1.165) is 22.2 Å². The molecule has 118 valence electrons. The lowest BCUT2D eigenvalue weighted by atomic mass is 9.98. The van der Waals surface area contributed by atoms with Crippen molar-refractivity contribution >= 4 is 27.9 Å². The number of nitrogens with one attached hydrogen (secondary N) is 1. The molecule has 1 aromatic carbocycles. The second-order valence-electron chi connectivity index (χ2n) is 5.45. The minimum Gasteiger partial charge on any atom is -0.505 e. The number of hydrogen-bond acceptors (Lipinski definition) is 5. The van der Waals surface area contributed by atoms with Crippen LogP contribution in [0.15, 0.2) is 71.8 Å². The highest BCUT2D eigenvalue weighted by Crippen LogP contribution is 2.36. The first-order chi connectivity index (χ1) is 11.8. The predicted octanol–water partition coefficient (Wildman–Crippen LogP) is 4.60. The fraction of sp³-hybridized carbons (Fsp3) is 0.0526. The first-order valence-electron chi connectivity index (χ1n) is 7.58. The van der Waals surface area contributed by atoms with Gasteiger partial charge in [0, 0.05) is 29.5 Å². The number of nitrogens with zero attached hydrogens (tertiary/aromatic N) is 2. The van der Waals surface area contributed by atoms with Gasteiger partial charge in [-0.1, -0.05) is 18.2 Å². The van der Waals surface area contributed by atoms with Crippen LogP contribution in [0, 0.1) is 0 Å². The molecular weight excluding hydrogens is 318 g/mol. The van der Waals surface area contributed by atoms with Gasteiger partial charge in [-0.05, 0) is 40.6 Å². The van der Waals surface area contributed by atoms with E-state index in [2.05, 4.69) is 26.7 Å². The summed E-state index contributed by atoms with van der Waals surface area (Å²) in [4.78, 5) is 8.47. The quantitative estimate of drug-likeness (QED) is 0.573. The van der Waals surface area contributed by atoms with Crippen LogP contribution in [0.1, 0.15) is 17.2 Å². The van der Waals surface area contributed by atoms with Crippen molar-refractivity contribution in [2.75, 3.05) is 5.32 Å². The predicted molar refractivity (Wildman–Crippen MR) is 97.4 cm³/mol. The van der Waals surface area contributed by atoms with E-state index in [0.29, 0.717) is 5.52 Å². The highest BCUT2D eigenvalue weighted by Gasteiger charge is 2.20. The van der Waals surface area contributed by atoms with E-state index in [1.807, 2.05) is 41.8 Å². The number of fused-ring (bicyclic) bond motifs is 1. The van der Waals surface area contributed by atoms with Crippen LogP contribution in [0.25, 0.3) is 10.9 Å².